The van der Waals surface area contributed by atoms with Crippen LogP contribution in [0.2, 0.25) is 0 Å². The zero-order valence-electron chi connectivity index (χ0n) is 36.9. The zero-order valence-corrected chi connectivity index (χ0v) is 36.9. The van der Waals surface area contributed by atoms with E-state index in [0.29, 0.717) is 90.0 Å². The Morgan fingerprint density at radius 1 is 0.516 bits per heavy atom. The van der Waals surface area contributed by atoms with Crippen LogP contribution in [-0.4, -0.2) is 129 Å². The highest BCUT2D eigenvalue weighted by Crippen LogP contribution is 2.36. The third kappa shape index (κ3) is 14.7. The van der Waals surface area contributed by atoms with Gasteiger partial charge in [0.25, 0.3) is 0 Å². The highest BCUT2D eigenvalue weighted by Gasteiger charge is 2.20. The number of benzene rings is 6. The summed E-state index contributed by atoms with van der Waals surface area (Å²) in [5.41, 5.74) is 4.07. The lowest BCUT2D eigenvalue weighted by atomic mass is 9.77. The molecule has 6 aromatic rings. The molecular formula is C50H63B2N3O9. The molecule has 14 heteroatoms. The molecule has 6 rings (SSSR count). The highest BCUT2D eigenvalue weighted by molar-refractivity contribution is 6.59. The fourth-order valence-corrected chi connectivity index (χ4v) is 8.30. The van der Waals surface area contributed by atoms with Crippen molar-refractivity contribution < 1.29 is 43.8 Å². The Labute approximate surface area is 378 Å². The largest absolute Gasteiger partial charge is 0.488 e. The van der Waals surface area contributed by atoms with Gasteiger partial charge < -0.3 is 44.4 Å². The van der Waals surface area contributed by atoms with Gasteiger partial charge in [0.05, 0.1) is 52.9 Å². The maximum atomic E-state index is 11.1. The van der Waals surface area contributed by atoms with Crippen LogP contribution >= 0.6 is 0 Å². The second-order valence-electron chi connectivity index (χ2n) is 16.1. The third-order valence-electron chi connectivity index (χ3n) is 11.6. The minimum atomic E-state index is -1.54. The van der Waals surface area contributed by atoms with Crippen molar-refractivity contribution in [1.29, 1.82) is 0 Å². The quantitative estimate of drug-likeness (QED) is 0.0183. The molecule has 0 aliphatic rings. The molecule has 0 aliphatic heterocycles. The van der Waals surface area contributed by atoms with Crippen LogP contribution in [0.5, 0.6) is 0 Å². The second-order valence-corrected chi connectivity index (χ2v) is 16.1. The highest BCUT2D eigenvalue weighted by atomic mass is 16.6. The van der Waals surface area contributed by atoms with Gasteiger partial charge in [0.2, 0.25) is 5.91 Å². The van der Waals surface area contributed by atoms with Gasteiger partial charge in [0.1, 0.15) is 0 Å². The van der Waals surface area contributed by atoms with E-state index in [-0.39, 0.29) is 5.91 Å². The topological polar surface area (TPSA) is 153 Å². The van der Waals surface area contributed by atoms with Crippen LogP contribution in [0, 0.1) is 0 Å². The first-order valence-corrected chi connectivity index (χ1v) is 22.5. The van der Waals surface area contributed by atoms with E-state index in [1.807, 2.05) is 36.4 Å². The fourth-order valence-electron chi connectivity index (χ4n) is 8.30. The van der Waals surface area contributed by atoms with Crippen LogP contribution in [0.25, 0.3) is 32.3 Å². The molecule has 338 valence electrons. The summed E-state index contributed by atoms with van der Waals surface area (Å²) in [7, 11) is -3.09. The van der Waals surface area contributed by atoms with Crippen molar-refractivity contribution in [3.05, 3.63) is 132 Å². The van der Waals surface area contributed by atoms with E-state index < -0.39 is 14.2 Å². The molecule has 64 heavy (non-hydrogen) atoms. The number of ether oxygens (including phenoxy) is 4. The predicted molar refractivity (Wildman–Crippen MR) is 257 cm³/mol. The summed E-state index contributed by atoms with van der Waals surface area (Å²) in [5.74, 6) is -0.222. The van der Waals surface area contributed by atoms with Crippen LogP contribution in [0.3, 0.4) is 0 Å². The number of rotatable bonds is 31. The summed E-state index contributed by atoms with van der Waals surface area (Å²) in [4.78, 5) is 15.9. The number of hydrogen-bond donors (Lipinski definition) is 5. The first kappa shape index (κ1) is 48.7. The van der Waals surface area contributed by atoms with E-state index in [2.05, 4.69) is 76.3 Å². The molecule has 0 radical (unpaired) electrons. The van der Waals surface area contributed by atoms with Gasteiger partial charge in [-0.2, -0.15) is 0 Å². The molecule has 0 bridgehead atoms. The smallest absolute Gasteiger partial charge is 0.423 e. The van der Waals surface area contributed by atoms with E-state index in [1.54, 1.807) is 12.1 Å². The fraction of sp³-hybridized carbons (Fsp3) is 0.380. The van der Waals surface area contributed by atoms with Crippen molar-refractivity contribution in [1.82, 2.24) is 15.1 Å². The molecule has 0 spiro atoms. The predicted octanol–water partition coefficient (Wildman–Crippen LogP) is 4.38. The second kappa shape index (κ2) is 26.3. The number of nitrogens with one attached hydrogen (secondary N) is 1. The molecule has 0 fully saturated rings. The number of hydrogen-bond acceptors (Lipinski definition) is 11. The molecule has 0 saturated carbocycles. The number of carbonyl (C=O) groups is 1. The molecule has 5 N–H and O–H groups in total. The van der Waals surface area contributed by atoms with E-state index in [4.69, 9.17) is 18.9 Å². The van der Waals surface area contributed by atoms with Crippen molar-refractivity contribution in [2.24, 2.45) is 0 Å². The summed E-state index contributed by atoms with van der Waals surface area (Å²) < 4.78 is 22.6. The van der Waals surface area contributed by atoms with Crippen LogP contribution < -0.4 is 16.2 Å². The van der Waals surface area contributed by atoms with Gasteiger partial charge >= 0.3 is 14.2 Å². The Morgan fingerprint density at radius 3 is 1.59 bits per heavy atom. The standard InChI is InChI=1S/C50H63B2N3O9/c1-2-48(56)53-24-28-61-30-32-63-34-35-64-33-31-62-29-27-54(37-43-12-5-7-16-46(43)51(57)58)25-9-3-4-10-26-55(38-44-13-6-8-17-47(44)52(59)60)36-42-21-20-41-19-18-39-14-11-15-40-22-23-45(42)50(41)49(39)40/h2,5-8,11-23,57-60H,1,3-4,9-10,24-38H2,(H,53,56). The molecule has 0 atom stereocenters. The van der Waals surface area contributed by atoms with Gasteiger partial charge in [-0.15, -0.1) is 0 Å². The lowest BCUT2D eigenvalue weighted by Gasteiger charge is -2.26. The number of amides is 1. The van der Waals surface area contributed by atoms with Crippen molar-refractivity contribution in [3.8, 4) is 0 Å². The number of unbranched alkanes of at least 4 members (excludes halogenated alkanes) is 3. The van der Waals surface area contributed by atoms with Gasteiger partial charge in [0.15, 0.2) is 0 Å². The lowest BCUT2D eigenvalue weighted by Crippen LogP contribution is -2.37. The number of carbonyl (C=O) groups excluding carboxylic acids is 1. The van der Waals surface area contributed by atoms with E-state index in [9.17, 15) is 24.9 Å². The van der Waals surface area contributed by atoms with Gasteiger partial charge in [-0.25, -0.2) is 0 Å². The van der Waals surface area contributed by atoms with Crippen LogP contribution in [-0.2, 0) is 43.4 Å². The van der Waals surface area contributed by atoms with Gasteiger partial charge in [-0.3, -0.25) is 14.6 Å². The average Bonchev–Trinajstić information content (AvgIpc) is 3.30. The Hall–Kier alpha value is -4.70. The summed E-state index contributed by atoms with van der Waals surface area (Å²) in [5, 5.41) is 50.7. The SMILES string of the molecule is C=CC(=O)NCCOCCOCCOCCOCCN(CCCCCCN(Cc1ccccc1B(O)O)Cc1ccc2ccc3cccc4ccc1c2c34)Cc1ccccc1B(O)O. The summed E-state index contributed by atoms with van der Waals surface area (Å²) in [6, 6.07) is 34.8. The van der Waals surface area contributed by atoms with Crippen molar-refractivity contribution in [2.75, 3.05) is 79.0 Å². The first-order chi connectivity index (χ1) is 31.3. The van der Waals surface area contributed by atoms with Crippen molar-refractivity contribution in [3.63, 3.8) is 0 Å². The molecule has 0 heterocycles. The first-order valence-electron chi connectivity index (χ1n) is 22.5. The monoisotopic (exact) mass is 871 g/mol. The van der Waals surface area contributed by atoms with Crippen molar-refractivity contribution in [2.45, 2.75) is 45.3 Å². The average molecular weight is 872 g/mol. The summed E-state index contributed by atoms with van der Waals surface area (Å²) in [6.45, 7) is 11.7. The van der Waals surface area contributed by atoms with Crippen LogP contribution in [0.1, 0.15) is 42.4 Å². The minimum absolute atomic E-state index is 0.222. The Kier molecular flexibility index (Phi) is 20.0. The van der Waals surface area contributed by atoms with E-state index >= 15 is 0 Å². The Morgan fingerprint density at radius 2 is 1.00 bits per heavy atom. The maximum absolute atomic E-state index is 11.1. The summed E-state index contributed by atoms with van der Waals surface area (Å²) in [6.07, 6.45) is 5.23. The van der Waals surface area contributed by atoms with E-state index in [1.165, 1.54) is 44.0 Å². The Bertz CT molecular complexity index is 2310. The summed E-state index contributed by atoms with van der Waals surface area (Å²) >= 11 is 0. The molecule has 6 aromatic carbocycles. The minimum Gasteiger partial charge on any atom is -0.423 e. The zero-order chi connectivity index (χ0) is 44.9. The lowest BCUT2D eigenvalue weighted by molar-refractivity contribution is -0.116. The van der Waals surface area contributed by atoms with Crippen LogP contribution in [0.15, 0.2) is 116 Å². The molecule has 0 aromatic heterocycles. The molecular weight excluding hydrogens is 808 g/mol. The number of nitrogens with zero attached hydrogens (tertiary/aromatic N) is 2. The Balaban J connectivity index is 0.978. The maximum Gasteiger partial charge on any atom is 0.488 e. The molecule has 1 amide bonds. The normalized spacial score (nSPS) is 11.7. The van der Waals surface area contributed by atoms with Crippen LogP contribution in [0.4, 0.5) is 0 Å². The molecule has 0 aliphatic carbocycles. The van der Waals surface area contributed by atoms with Gasteiger partial charge in [0, 0.05) is 32.7 Å². The van der Waals surface area contributed by atoms with E-state index in [0.717, 1.165) is 56.4 Å². The van der Waals surface area contributed by atoms with Gasteiger partial charge in [-0.05, 0) is 91.9 Å². The molecule has 12 nitrogen and oxygen atoms in total. The molecule has 0 saturated heterocycles. The third-order valence-corrected chi connectivity index (χ3v) is 11.6. The molecule has 0 unspecified atom stereocenters. The van der Waals surface area contributed by atoms with Crippen molar-refractivity contribution >= 4 is 63.4 Å². The van der Waals surface area contributed by atoms with Gasteiger partial charge in [-0.1, -0.05) is 123 Å².